The highest BCUT2D eigenvalue weighted by molar-refractivity contribution is 6.13. The second-order valence-electron chi connectivity index (χ2n) is 15.5. The van der Waals surface area contributed by atoms with Crippen molar-refractivity contribution in [3.8, 4) is 11.5 Å². The van der Waals surface area contributed by atoms with Gasteiger partial charge < -0.3 is 35.0 Å². The van der Waals surface area contributed by atoms with Gasteiger partial charge in [-0.15, -0.1) is 0 Å². The number of allylic oxidation sites excluding steroid dienone is 2. The van der Waals surface area contributed by atoms with Crippen LogP contribution in [0.2, 0.25) is 0 Å². The largest absolute Gasteiger partial charge is 0.494 e. The Morgan fingerprint density at radius 2 is 1.34 bits per heavy atom. The zero-order chi connectivity index (χ0) is 48.8. The molecule has 0 atom stereocenters. The van der Waals surface area contributed by atoms with Crippen molar-refractivity contribution < 1.29 is 43.0 Å². The monoisotopic (exact) mass is 930 g/mol. The van der Waals surface area contributed by atoms with Gasteiger partial charge in [0.05, 0.1) is 30.4 Å². The number of carbonyl (C=O) groups excluding carboxylic acids is 7. The fourth-order valence-corrected chi connectivity index (χ4v) is 7.65. The molecule has 4 aromatic heterocycles. The van der Waals surface area contributed by atoms with E-state index in [0.29, 0.717) is 47.4 Å². The van der Waals surface area contributed by atoms with E-state index in [4.69, 9.17) is 25.9 Å². The number of aryl methyl sites for hydroxylation is 3. The Kier molecular flexibility index (Phi) is 14.1. The standard InChI is InChI=1S/C45H50N14O9/c1-6-58-31(13-15-48-58)42(65)51-44-50-30-23-28(41(47)64)25-34(68-20-10-16-54(4)35(60)14-19-55-36(61)11-12-37(55)62)39(30)57(44)18-9-8-17-56-38-29(22-27(40(46)63)24-33(38)67-5)49-45(56)52-43(66)32-21-26(3)53-59(32)7-2/h8-9,11-13,15,21-25H,6-7,10,14,16-20H2,1-5H3,(H2,46,63)(H2,47,64)(H,49,52,66)(H,50,51,65)/b9-8+. The number of nitrogens with two attached hydrogens (primary N) is 2. The number of carbonyl (C=O) groups is 7. The van der Waals surface area contributed by atoms with Crippen LogP contribution in [0.25, 0.3) is 22.1 Å². The van der Waals surface area contributed by atoms with E-state index in [2.05, 4.69) is 25.8 Å². The van der Waals surface area contributed by atoms with Crippen molar-refractivity contribution in [1.29, 1.82) is 0 Å². The molecule has 0 unspecified atom stereocenters. The number of benzene rings is 2. The molecule has 68 heavy (non-hydrogen) atoms. The molecular weight excluding hydrogens is 881 g/mol. The van der Waals surface area contributed by atoms with Crippen molar-refractivity contribution >= 4 is 75.3 Å². The average molecular weight is 931 g/mol. The van der Waals surface area contributed by atoms with E-state index in [9.17, 15) is 33.6 Å². The number of methoxy groups -OCH3 is 1. The van der Waals surface area contributed by atoms with Gasteiger partial charge in [0, 0.05) is 82.2 Å². The molecule has 6 aromatic rings. The molecule has 0 fully saturated rings. The third-order valence-electron chi connectivity index (χ3n) is 11.0. The van der Waals surface area contributed by atoms with E-state index in [1.54, 1.807) is 52.1 Å². The molecule has 7 amide bonds. The van der Waals surface area contributed by atoms with Crippen LogP contribution < -0.4 is 31.6 Å². The minimum absolute atomic E-state index is 0.0468. The highest BCUT2D eigenvalue weighted by Gasteiger charge is 2.26. The Morgan fingerprint density at radius 1 is 0.779 bits per heavy atom. The highest BCUT2D eigenvalue weighted by Crippen LogP contribution is 2.33. The molecule has 0 radical (unpaired) electrons. The lowest BCUT2D eigenvalue weighted by molar-refractivity contribution is -0.138. The van der Waals surface area contributed by atoms with E-state index < -0.39 is 35.4 Å². The smallest absolute Gasteiger partial charge is 0.276 e. The molecule has 354 valence electrons. The first-order valence-corrected chi connectivity index (χ1v) is 21.6. The van der Waals surface area contributed by atoms with E-state index in [1.165, 1.54) is 47.2 Å². The zero-order valence-corrected chi connectivity index (χ0v) is 38.0. The summed E-state index contributed by atoms with van der Waals surface area (Å²) in [5.41, 5.74) is 14.3. The van der Waals surface area contributed by atoms with Crippen LogP contribution in [-0.2, 0) is 40.6 Å². The SMILES string of the molecule is CCn1nc(C)cc1C(=O)Nc1nc2cc(C(N)=O)cc(OC)c2n1C/C=C/Cn1c(NC(=O)c2ccnn2CC)nc2cc(C(N)=O)cc(OCCCN(C)C(=O)CCN3C(=O)C=CC3=O)c21. The van der Waals surface area contributed by atoms with Gasteiger partial charge in [-0.25, -0.2) is 9.97 Å². The molecule has 1 aliphatic rings. The Morgan fingerprint density at radius 3 is 1.90 bits per heavy atom. The molecule has 0 bridgehead atoms. The van der Waals surface area contributed by atoms with Crippen LogP contribution in [0.1, 0.15) is 74.1 Å². The maximum absolute atomic E-state index is 13.7. The Hall–Kier alpha value is -8.63. The maximum Gasteiger partial charge on any atom is 0.276 e. The van der Waals surface area contributed by atoms with Gasteiger partial charge in [-0.05, 0) is 63.6 Å². The van der Waals surface area contributed by atoms with Crippen LogP contribution in [0.4, 0.5) is 11.9 Å². The number of fused-ring (bicyclic) bond motifs is 2. The third kappa shape index (κ3) is 9.95. The minimum Gasteiger partial charge on any atom is -0.494 e. The van der Waals surface area contributed by atoms with Crippen molar-refractivity contribution in [3.63, 3.8) is 0 Å². The van der Waals surface area contributed by atoms with Crippen LogP contribution in [0.3, 0.4) is 0 Å². The third-order valence-corrected chi connectivity index (χ3v) is 11.0. The van der Waals surface area contributed by atoms with Gasteiger partial charge in [0.25, 0.3) is 23.6 Å². The molecule has 7 rings (SSSR count). The maximum atomic E-state index is 13.7. The number of hydrogen-bond donors (Lipinski definition) is 4. The molecule has 0 spiro atoms. The molecule has 6 N–H and O–H groups in total. The Bertz CT molecular complexity index is 3030. The molecule has 23 nitrogen and oxygen atoms in total. The second kappa shape index (κ2) is 20.3. The van der Waals surface area contributed by atoms with E-state index >= 15 is 0 Å². The number of amides is 7. The number of nitrogens with one attached hydrogen (secondary N) is 2. The molecule has 5 heterocycles. The molecule has 1 aliphatic heterocycles. The number of imide groups is 1. The quantitative estimate of drug-likeness (QED) is 0.0459. The van der Waals surface area contributed by atoms with Gasteiger partial charge in [-0.3, -0.25) is 58.5 Å². The summed E-state index contributed by atoms with van der Waals surface area (Å²) in [7, 11) is 3.03. The minimum atomic E-state index is -0.748. The summed E-state index contributed by atoms with van der Waals surface area (Å²) in [6.45, 7) is 6.82. The fraction of sp³-hybridized carbons (Fsp3) is 0.311. The van der Waals surface area contributed by atoms with Crippen molar-refractivity contribution in [2.75, 3.05) is 44.5 Å². The number of aromatic nitrogens is 8. The molecule has 2 aromatic carbocycles. The van der Waals surface area contributed by atoms with Crippen molar-refractivity contribution in [3.05, 3.63) is 95.1 Å². The molecule has 23 heteroatoms. The van der Waals surface area contributed by atoms with Gasteiger partial charge in [0.15, 0.2) is 0 Å². The summed E-state index contributed by atoms with van der Waals surface area (Å²) in [6.07, 6.45) is 7.70. The molecular formula is C45H50N14O9. The lowest BCUT2D eigenvalue weighted by Gasteiger charge is -2.19. The van der Waals surface area contributed by atoms with Crippen molar-refractivity contribution in [1.82, 2.24) is 48.5 Å². The van der Waals surface area contributed by atoms with Crippen LogP contribution in [0.15, 0.2) is 66.9 Å². The van der Waals surface area contributed by atoms with Gasteiger partial charge in [-0.2, -0.15) is 10.2 Å². The van der Waals surface area contributed by atoms with E-state index in [-0.39, 0.29) is 90.8 Å². The topological polar surface area (TPSA) is 292 Å². The number of imidazole rings is 2. The van der Waals surface area contributed by atoms with Gasteiger partial charge in [0.2, 0.25) is 29.6 Å². The summed E-state index contributed by atoms with van der Waals surface area (Å²) in [4.78, 5) is 101. The summed E-state index contributed by atoms with van der Waals surface area (Å²) >= 11 is 0. The first kappa shape index (κ1) is 47.3. The van der Waals surface area contributed by atoms with Crippen molar-refractivity contribution in [2.45, 2.75) is 59.8 Å². The summed E-state index contributed by atoms with van der Waals surface area (Å²) < 4.78 is 18.4. The zero-order valence-electron chi connectivity index (χ0n) is 38.0. The van der Waals surface area contributed by atoms with Crippen LogP contribution >= 0.6 is 0 Å². The number of hydrogen-bond acceptors (Lipinski definition) is 13. The number of nitrogens with zero attached hydrogens (tertiary/aromatic N) is 10. The van der Waals surface area contributed by atoms with E-state index in [0.717, 1.165) is 17.1 Å². The molecule has 0 aliphatic carbocycles. The molecule has 0 saturated heterocycles. The molecule has 0 saturated carbocycles. The normalized spacial score (nSPS) is 12.5. The number of ether oxygens (including phenoxy) is 2. The Balaban J connectivity index is 1.19. The van der Waals surface area contributed by atoms with Gasteiger partial charge >= 0.3 is 0 Å². The summed E-state index contributed by atoms with van der Waals surface area (Å²) in [5.74, 6) is -2.90. The summed E-state index contributed by atoms with van der Waals surface area (Å²) in [6, 6.07) is 9.18. The van der Waals surface area contributed by atoms with Crippen molar-refractivity contribution in [2.24, 2.45) is 11.5 Å². The van der Waals surface area contributed by atoms with Gasteiger partial charge in [-0.1, -0.05) is 12.2 Å². The predicted molar refractivity (Wildman–Crippen MR) is 247 cm³/mol. The second-order valence-corrected chi connectivity index (χ2v) is 15.5. The fourth-order valence-electron chi connectivity index (χ4n) is 7.65. The number of primary amides is 2. The Labute approximate surface area is 388 Å². The first-order valence-electron chi connectivity index (χ1n) is 21.6. The number of anilines is 2. The lowest BCUT2D eigenvalue weighted by atomic mass is 10.1. The predicted octanol–water partition coefficient (Wildman–Crippen LogP) is 2.64. The summed E-state index contributed by atoms with van der Waals surface area (Å²) in [5, 5.41) is 14.4. The van der Waals surface area contributed by atoms with Crippen LogP contribution in [-0.4, -0.2) is 124 Å². The number of rotatable bonds is 21. The van der Waals surface area contributed by atoms with E-state index in [1.807, 2.05) is 13.8 Å². The highest BCUT2D eigenvalue weighted by atomic mass is 16.5. The van der Waals surface area contributed by atoms with Crippen LogP contribution in [0.5, 0.6) is 11.5 Å². The van der Waals surface area contributed by atoms with Gasteiger partial charge in [0.1, 0.15) is 33.9 Å². The first-order chi connectivity index (χ1) is 32.6. The van der Waals surface area contributed by atoms with Crippen LogP contribution in [0, 0.1) is 6.92 Å². The average Bonchev–Trinajstić information content (AvgIpc) is 4.15. The lowest BCUT2D eigenvalue weighted by Crippen LogP contribution is -2.36.